The third-order valence-electron chi connectivity index (χ3n) is 4.73. The van der Waals surface area contributed by atoms with Gasteiger partial charge < -0.3 is 5.32 Å². The van der Waals surface area contributed by atoms with Gasteiger partial charge >= 0.3 is 0 Å². The van der Waals surface area contributed by atoms with E-state index in [1.54, 1.807) is 11.8 Å². The van der Waals surface area contributed by atoms with E-state index in [4.69, 9.17) is 23.2 Å². The van der Waals surface area contributed by atoms with Crippen molar-refractivity contribution in [3.8, 4) is 0 Å². The Labute approximate surface area is 175 Å². The number of carbonyl (C=O) groups excluding carboxylic acids is 1. The van der Waals surface area contributed by atoms with Crippen LogP contribution in [-0.2, 0) is 11.3 Å². The fraction of sp³-hybridized carbons (Fsp3) is 0.381. The molecule has 1 unspecified atom stereocenters. The lowest BCUT2D eigenvalue weighted by Crippen LogP contribution is -2.43. The number of hydrogen-bond donors (Lipinski definition) is 1. The number of benzene rings is 2. The van der Waals surface area contributed by atoms with E-state index in [-0.39, 0.29) is 11.8 Å². The highest BCUT2D eigenvalue weighted by atomic mass is 35.5. The third-order valence-corrected chi connectivity index (χ3v) is 6.45. The lowest BCUT2D eigenvalue weighted by atomic mass is 9.96. The number of nitrogens with zero attached hydrogens (tertiary/aromatic N) is 1. The third kappa shape index (κ3) is 6.15. The summed E-state index contributed by atoms with van der Waals surface area (Å²) in [4.78, 5) is 16.0. The second-order valence-corrected chi connectivity index (χ2v) is 8.71. The molecule has 1 saturated heterocycles. The van der Waals surface area contributed by atoms with Gasteiger partial charge in [-0.3, -0.25) is 9.69 Å². The summed E-state index contributed by atoms with van der Waals surface area (Å²) in [5, 5.41) is 4.47. The quantitative estimate of drug-likeness (QED) is 0.496. The first-order valence-corrected chi connectivity index (χ1v) is 11.0. The molecule has 1 aliphatic rings. The first-order chi connectivity index (χ1) is 13.1. The van der Waals surface area contributed by atoms with Crippen molar-refractivity contribution < 1.29 is 4.79 Å². The Morgan fingerprint density at radius 1 is 1.11 bits per heavy atom. The molecule has 3 rings (SSSR count). The number of halogens is 2. The number of carbonyl (C=O) groups is 1. The highest BCUT2D eigenvalue weighted by molar-refractivity contribution is 7.99. The number of amides is 1. The molecule has 0 spiro atoms. The van der Waals surface area contributed by atoms with Gasteiger partial charge in [-0.25, -0.2) is 0 Å². The van der Waals surface area contributed by atoms with E-state index in [0.29, 0.717) is 23.1 Å². The van der Waals surface area contributed by atoms with Gasteiger partial charge in [0, 0.05) is 45.9 Å². The van der Waals surface area contributed by atoms with Crippen molar-refractivity contribution in [2.75, 3.05) is 25.4 Å². The molecule has 144 valence electrons. The number of nitrogens with one attached hydrogen (secondary N) is 1. The normalized spacial score (nSPS) is 17.6. The predicted octanol–water partition coefficient (Wildman–Crippen LogP) is 5.11. The maximum absolute atomic E-state index is 12.5. The smallest absolute Gasteiger partial charge is 0.224 e. The van der Waals surface area contributed by atoms with Crippen LogP contribution in [0.5, 0.6) is 0 Å². The molecular formula is C21H24Cl2N2OS. The Kier molecular flexibility index (Phi) is 7.89. The molecule has 1 fully saturated rings. The summed E-state index contributed by atoms with van der Waals surface area (Å²) in [5.41, 5.74) is 0.946. The Morgan fingerprint density at radius 2 is 1.85 bits per heavy atom. The zero-order valence-corrected chi connectivity index (χ0v) is 17.5. The number of rotatable bonds is 7. The zero-order chi connectivity index (χ0) is 19.1. The maximum atomic E-state index is 12.5. The minimum atomic E-state index is 0.0294. The molecule has 6 heteroatoms. The van der Waals surface area contributed by atoms with Crippen molar-refractivity contribution in [1.29, 1.82) is 0 Å². The Bertz CT molecular complexity index is 737. The van der Waals surface area contributed by atoms with Crippen molar-refractivity contribution in [2.45, 2.75) is 24.3 Å². The zero-order valence-electron chi connectivity index (χ0n) is 15.2. The molecule has 3 nitrogen and oxygen atoms in total. The standard InChI is InChI=1S/C21H24Cl2N2OS/c22-19-9-4-10-20(23)18(19)15-25-12-5-6-16(14-25)21(26)24-11-13-27-17-7-2-1-3-8-17/h1-4,7-10,16H,5-6,11-15H2,(H,24,26). The molecule has 1 heterocycles. The van der Waals surface area contributed by atoms with Crippen LogP contribution in [0.25, 0.3) is 0 Å². The molecule has 0 saturated carbocycles. The molecule has 0 aliphatic carbocycles. The van der Waals surface area contributed by atoms with Crippen LogP contribution in [0.3, 0.4) is 0 Å². The lowest BCUT2D eigenvalue weighted by Gasteiger charge is -2.32. The molecule has 0 bridgehead atoms. The molecule has 1 aliphatic heterocycles. The summed E-state index contributed by atoms with van der Waals surface area (Å²) in [7, 11) is 0. The van der Waals surface area contributed by atoms with Crippen LogP contribution in [0.1, 0.15) is 18.4 Å². The molecule has 1 N–H and O–H groups in total. The van der Waals surface area contributed by atoms with Gasteiger partial charge in [-0.1, -0.05) is 47.5 Å². The average molecular weight is 423 g/mol. The predicted molar refractivity (Wildman–Crippen MR) is 115 cm³/mol. The summed E-state index contributed by atoms with van der Waals surface area (Å²) in [6.45, 7) is 3.09. The van der Waals surface area contributed by atoms with Gasteiger partial charge in [-0.05, 0) is 43.7 Å². The fourth-order valence-electron chi connectivity index (χ4n) is 3.32. The molecule has 2 aromatic rings. The van der Waals surface area contributed by atoms with Crippen LogP contribution in [0.4, 0.5) is 0 Å². The minimum Gasteiger partial charge on any atom is -0.355 e. The van der Waals surface area contributed by atoms with Gasteiger partial charge in [-0.2, -0.15) is 0 Å². The molecular weight excluding hydrogens is 399 g/mol. The van der Waals surface area contributed by atoms with Gasteiger partial charge in [0.15, 0.2) is 0 Å². The monoisotopic (exact) mass is 422 g/mol. The summed E-state index contributed by atoms with van der Waals surface area (Å²) in [5.74, 6) is 1.06. The van der Waals surface area contributed by atoms with Gasteiger partial charge in [0.25, 0.3) is 0 Å². The second-order valence-electron chi connectivity index (χ2n) is 6.73. The minimum absolute atomic E-state index is 0.0294. The van der Waals surface area contributed by atoms with E-state index in [0.717, 1.165) is 37.2 Å². The van der Waals surface area contributed by atoms with Gasteiger partial charge in [0.2, 0.25) is 5.91 Å². The lowest BCUT2D eigenvalue weighted by molar-refractivity contribution is -0.126. The van der Waals surface area contributed by atoms with Gasteiger partial charge in [0.05, 0.1) is 5.92 Å². The largest absolute Gasteiger partial charge is 0.355 e. The van der Waals surface area contributed by atoms with Crippen molar-refractivity contribution in [3.63, 3.8) is 0 Å². The number of piperidine rings is 1. The molecule has 1 amide bonds. The van der Waals surface area contributed by atoms with Crippen molar-refractivity contribution in [2.24, 2.45) is 5.92 Å². The number of thioether (sulfide) groups is 1. The average Bonchev–Trinajstić information content (AvgIpc) is 2.69. The van der Waals surface area contributed by atoms with Gasteiger partial charge in [-0.15, -0.1) is 11.8 Å². The van der Waals surface area contributed by atoms with Crippen LogP contribution < -0.4 is 5.32 Å². The molecule has 0 radical (unpaired) electrons. The van der Waals surface area contributed by atoms with Crippen LogP contribution in [-0.4, -0.2) is 36.2 Å². The summed E-state index contributed by atoms with van der Waals surface area (Å²) in [6, 6.07) is 15.8. The molecule has 0 aromatic heterocycles. The van der Waals surface area contributed by atoms with Crippen LogP contribution in [0.2, 0.25) is 10.0 Å². The van der Waals surface area contributed by atoms with Crippen LogP contribution in [0.15, 0.2) is 53.4 Å². The Hall–Kier alpha value is -1.20. The first kappa shape index (κ1) is 20.5. The van der Waals surface area contributed by atoms with E-state index in [9.17, 15) is 4.79 Å². The number of hydrogen-bond acceptors (Lipinski definition) is 3. The molecule has 2 aromatic carbocycles. The van der Waals surface area contributed by atoms with Crippen LogP contribution in [0, 0.1) is 5.92 Å². The Balaban J connectivity index is 1.45. The highest BCUT2D eigenvalue weighted by Crippen LogP contribution is 2.27. The second kappa shape index (κ2) is 10.4. The van der Waals surface area contributed by atoms with Crippen LogP contribution >= 0.6 is 35.0 Å². The van der Waals surface area contributed by atoms with Crippen molar-refractivity contribution >= 4 is 40.9 Å². The summed E-state index contributed by atoms with van der Waals surface area (Å²) < 4.78 is 0. The van der Waals surface area contributed by atoms with E-state index in [2.05, 4.69) is 22.3 Å². The van der Waals surface area contributed by atoms with E-state index in [1.165, 1.54) is 4.90 Å². The maximum Gasteiger partial charge on any atom is 0.224 e. The summed E-state index contributed by atoms with van der Waals surface area (Å²) >= 11 is 14.3. The van der Waals surface area contributed by atoms with Crippen molar-refractivity contribution in [3.05, 3.63) is 64.1 Å². The van der Waals surface area contributed by atoms with E-state index >= 15 is 0 Å². The Morgan fingerprint density at radius 3 is 2.59 bits per heavy atom. The van der Waals surface area contributed by atoms with E-state index < -0.39 is 0 Å². The fourth-order valence-corrected chi connectivity index (χ4v) is 4.63. The summed E-state index contributed by atoms with van der Waals surface area (Å²) in [6.07, 6.45) is 1.95. The van der Waals surface area contributed by atoms with Gasteiger partial charge in [0.1, 0.15) is 0 Å². The molecule has 1 atom stereocenters. The first-order valence-electron chi connectivity index (χ1n) is 9.24. The number of likely N-dealkylation sites (tertiary alicyclic amines) is 1. The SMILES string of the molecule is O=C(NCCSc1ccccc1)C1CCCN(Cc2c(Cl)cccc2Cl)C1. The topological polar surface area (TPSA) is 32.3 Å². The highest BCUT2D eigenvalue weighted by Gasteiger charge is 2.26. The van der Waals surface area contributed by atoms with Crippen molar-refractivity contribution in [1.82, 2.24) is 10.2 Å². The molecule has 27 heavy (non-hydrogen) atoms. The van der Waals surface area contributed by atoms with E-state index in [1.807, 2.05) is 36.4 Å².